The van der Waals surface area contributed by atoms with Crippen LogP contribution >= 0.6 is 0 Å². The van der Waals surface area contributed by atoms with Crippen molar-refractivity contribution in [3.63, 3.8) is 0 Å². The lowest BCUT2D eigenvalue weighted by Crippen LogP contribution is -2.33. The summed E-state index contributed by atoms with van der Waals surface area (Å²) in [5.74, 6) is -0.340. The quantitative estimate of drug-likeness (QED) is 0.717. The third-order valence-corrected chi connectivity index (χ3v) is 1.83. The van der Waals surface area contributed by atoms with E-state index >= 15 is 0 Å². The molecule has 0 aromatic heterocycles. The van der Waals surface area contributed by atoms with Crippen LogP contribution in [0.1, 0.15) is 18.5 Å². The number of benzene rings is 1. The number of amides is 1. The third kappa shape index (κ3) is 2.56. The number of primary amides is 1. The van der Waals surface area contributed by atoms with Gasteiger partial charge >= 0.3 is 0 Å². The largest absolute Gasteiger partial charge is 0.368 e. The van der Waals surface area contributed by atoms with E-state index in [0.29, 0.717) is 0 Å². The molecule has 0 heterocycles. The van der Waals surface area contributed by atoms with Crippen LogP contribution in [0.5, 0.6) is 0 Å². The molecular weight excluding hydrogens is 164 g/mol. The fraction of sp³-hybridized carbons (Fsp3) is 0.300. The lowest BCUT2D eigenvalue weighted by atomic mass is 10.1. The summed E-state index contributed by atoms with van der Waals surface area (Å²) in [6.45, 7) is 2.67. The summed E-state index contributed by atoms with van der Waals surface area (Å²) in [4.78, 5) is 11.0. The number of nitrogens with two attached hydrogens (primary N) is 1. The maximum atomic E-state index is 11.0. The van der Waals surface area contributed by atoms with E-state index in [0.717, 1.165) is 12.1 Å². The lowest BCUT2D eigenvalue weighted by molar-refractivity contribution is -0.120. The van der Waals surface area contributed by atoms with Gasteiger partial charge in [0.15, 0.2) is 0 Å². The Kier molecular flexibility index (Phi) is 3.46. The summed E-state index contributed by atoms with van der Waals surface area (Å²) in [7, 11) is 0. The predicted molar refractivity (Wildman–Crippen MR) is 52.1 cm³/mol. The SMILES string of the molecule is CCN[C@H](C(N)=O)c1ccccc1. The molecule has 13 heavy (non-hydrogen) atoms. The van der Waals surface area contributed by atoms with Crippen LogP contribution in [0.3, 0.4) is 0 Å². The van der Waals surface area contributed by atoms with Crippen LogP contribution < -0.4 is 11.1 Å². The summed E-state index contributed by atoms with van der Waals surface area (Å²) >= 11 is 0. The predicted octanol–water partition coefficient (Wildman–Crippen LogP) is 0.822. The highest BCUT2D eigenvalue weighted by Gasteiger charge is 2.14. The van der Waals surface area contributed by atoms with Gasteiger partial charge in [0.25, 0.3) is 0 Å². The summed E-state index contributed by atoms with van der Waals surface area (Å²) in [6.07, 6.45) is 0. The summed E-state index contributed by atoms with van der Waals surface area (Å²) in [5, 5.41) is 3.02. The number of nitrogens with one attached hydrogen (secondary N) is 1. The molecular formula is C10H14N2O. The van der Waals surface area contributed by atoms with E-state index in [1.807, 2.05) is 37.3 Å². The minimum atomic E-state index is -0.369. The standard InChI is InChI=1S/C10H14N2O/c1-2-12-9(10(11)13)8-6-4-3-5-7-8/h3-7,9,12H,2H2,1H3,(H2,11,13)/t9-/m0/s1. The topological polar surface area (TPSA) is 55.1 Å². The Morgan fingerprint density at radius 2 is 2.08 bits per heavy atom. The van der Waals surface area contributed by atoms with Crippen molar-refractivity contribution < 1.29 is 4.79 Å². The van der Waals surface area contributed by atoms with Gasteiger partial charge in [0, 0.05) is 0 Å². The Balaban J connectivity index is 2.82. The van der Waals surface area contributed by atoms with E-state index in [-0.39, 0.29) is 11.9 Å². The zero-order valence-corrected chi connectivity index (χ0v) is 7.66. The number of carbonyl (C=O) groups is 1. The zero-order chi connectivity index (χ0) is 9.68. The Hall–Kier alpha value is -1.35. The zero-order valence-electron chi connectivity index (χ0n) is 7.66. The van der Waals surface area contributed by atoms with Crippen LogP contribution in [0.2, 0.25) is 0 Å². The first-order valence-corrected chi connectivity index (χ1v) is 4.33. The van der Waals surface area contributed by atoms with Crippen molar-refractivity contribution in [2.24, 2.45) is 5.73 Å². The second-order valence-electron chi connectivity index (χ2n) is 2.80. The first-order valence-electron chi connectivity index (χ1n) is 4.33. The Bertz CT molecular complexity index is 272. The monoisotopic (exact) mass is 178 g/mol. The fourth-order valence-corrected chi connectivity index (χ4v) is 1.23. The van der Waals surface area contributed by atoms with Crippen molar-refractivity contribution in [1.29, 1.82) is 0 Å². The minimum Gasteiger partial charge on any atom is -0.368 e. The summed E-state index contributed by atoms with van der Waals surface area (Å²) in [5.41, 5.74) is 6.17. The van der Waals surface area contributed by atoms with Crippen molar-refractivity contribution >= 4 is 5.91 Å². The van der Waals surface area contributed by atoms with Gasteiger partial charge < -0.3 is 11.1 Å². The molecule has 0 aliphatic carbocycles. The van der Waals surface area contributed by atoms with E-state index in [4.69, 9.17) is 5.73 Å². The van der Waals surface area contributed by atoms with Crippen molar-refractivity contribution in [3.05, 3.63) is 35.9 Å². The van der Waals surface area contributed by atoms with E-state index in [2.05, 4.69) is 5.32 Å². The number of hydrogen-bond acceptors (Lipinski definition) is 2. The Morgan fingerprint density at radius 3 is 2.54 bits per heavy atom. The second-order valence-corrected chi connectivity index (χ2v) is 2.80. The molecule has 0 saturated heterocycles. The van der Waals surface area contributed by atoms with Gasteiger partial charge in [-0.15, -0.1) is 0 Å². The molecule has 0 aliphatic rings. The highest BCUT2D eigenvalue weighted by Crippen LogP contribution is 2.10. The van der Waals surface area contributed by atoms with Crippen molar-refractivity contribution in [2.45, 2.75) is 13.0 Å². The van der Waals surface area contributed by atoms with Crippen LogP contribution in [0.15, 0.2) is 30.3 Å². The molecule has 3 nitrogen and oxygen atoms in total. The van der Waals surface area contributed by atoms with Crippen LogP contribution in [0.4, 0.5) is 0 Å². The fourth-order valence-electron chi connectivity index (χ4n) is 1.23. The number of hydrogen-bond donors (Lipinski definition) is 2. The molecule has 0 aliphatic heterocycles. The summed E-state index contributed by atoms with van der Waals surface area (Å²) < 4.78 is 0. The first kappa shape index (κ1) is 9.74. The Morgan fingerprint density at radius 1 is 1.46 bits per heavy atom. The molecule has 3 N–H and O–H groups in total. The summed E-state index contributed by atoms with van der Waals surface area (Å²) in [6, 6.07) is 9.10. The molecule has 70 valence electrons. The van der Waals surface area contributed by atoms with Gasteiger partial charge in [0.1, 0.15) is 6.04 Å². The molecule has 1 aromatic rings. The molecule has 3 heteroatoms. The van der Waals surface area contributed by atoms with Gasteiger partial charge in [-0.3, -0.25) is 4.79 Å². The molecule has 0 bridgehead atoms. The molecule has 0 unspecified atom stereocenters. The van der Waals surface area contributed by atoms with Crippen LogP contribution in [0.25, 0.3) is 0 Å². The molecule has 1 aromatic carbocycles. The second kappa shape index (κ2) is 4.62. The van der Waals surface area contributed by atoms with Crippen molar-refractivity contribution in [1.82, 2.24) is 5.32 Å². The van der Waals surface area contributed by atoms with E-state index < -0.39 is 0 Å². The van der Waals surface area contributed by atoms with Crippen LogP contribution in [-0.2, 0) is 4.79 Å². The minimum absolute atomic E-state index is 0.340. The molecule has 0 spiro atoms. The first-order chi connectivity index (χ1) is 6.25. The number of rotatable bonds is 4. The van der Waals surface area contributed by atoms with Gasteiger partial charge in [-0.2, -0.15) is 0 Å². The molecule has 0 radical (unpaired) electrons. The molecule has 0 saturated carbocycles. The van der Waals surface area contributed by atoms with Gasteiger partial charge in [-0.25, -0.2) is 0 Å². The average Bonchev–Trinajstić information content (AvgIpc) is 2.15. The number of likely N-dealkylation sites (N-methyl/N-ethyl adjacent to an activating group) is 1. The molecule has 1 rings (SSSR count). The van der Waals surface area contributed by atoms with Crippen LogP contribution in [0, 0.1) is 0 Å². The third-order valence-electron chi connectivity index (χ3n) is 1.83. The van der Waals surface area contributed by atoms with Crippen molar-refractivity contribution in [3.8, 4) is 0 Å². The normalized spacial score (nSPS) is 12.4. The Labute approximate surface area is 77.9 Å². The number of carbonyl (C=O) groups excluding carboxylic acids is 1. The molecule has 1 amide bonds. The highest BCUT2D eigenvalue weighted by atomic mass is 16.1. The van der Waals surface area contributed by atoms with E-state index in [9.17, 15) is 4.79 Å². The molecule has 1 atom stereocenters. The van der Waals surface area contributed by atoms with Gasteiger partial charge in [0.05, 0.1) is 0 Å². The lowest BCUT2D eigenvalue weighted by Gasteiger charge is -2.13. The van der Waals surface area contributed by atoms with E-state index in [1.54, 1.807) is 0 Å². The average molecular weight is 178 g/mol. The highest BCUT2D eigenvalue weighted by molar-refractivity contribution is 5.81. The van der Waals surface area contributed by atoms with E-state index in [1.165, 1.54) is 0 Å². The maximum Gasteiger partial charge on any atom is 0.239 e. The van der Waals surface area contributed by atoms with Crippen molar-refractivity contribution in [2.75, 3.05) is 6.54 Å². The van der Waals surface area contributed by atoms with Gasteiger partial charge in [0.2, 0.25) is 5.91 Å². The van der Waals surface area contributed by atoms with Gasteiger partial charge in [-0.05, 0) is 12.1 Å². The molecule has 0 fully saturated rings. The van der Waals surface area contributed by atoms with Crippen LogP contribution in [-0.4, -0.2) is 12.5 Å². The maximum absolute atomic E-state index is 11.0. The smallest absolute Gasteiger partial charge is 0.239 e. The van der Waals surface area contributed by atoms with Gasteiger partial charge in [-0.1, -0.05) is 37.3 Å².